The van der Waals surface area contributed by atoms with Gasteiger partial charge in [0.2, 0.25) is 0 Å². The Labute approximate surface area is 113 Å². The number of pyridine rings is 1. The zero-order valence-corrected chi connectivity index (χ0v) is 11.1. The van der Waals surface area contributed by atoms with Crippen molar-refractivity contribution in [1.29, 1.82) is 0 Å². The lowest BCUT2D eigenvalue weighted by Gasteiger charge is -2.13. The summed E-state index contributed by atoms with van der Waals surface area (Å²) in [5, 5.41) is 0. The second kappa shape index (κ2) is 6.43. The SMILES string of the molecule is Cc1ccc(F)cc1CC(N)CCc1ccccn1. The van der Waals surface area contributed by atoms with Crippen molar-refractivity contribution < 1.29 is 4.39 Å². The van der Waals surface area contributed by atoms with E-state index in [4.69, 9.17) is 5.73 Å². The first-order chi connectivity index (χ1) is 9.15. The van der Waals surface area contributed by atoms with Crippen LogP contribution in [0.1, 0.15) is 23.2 Å². The molecule has 0 fully saturated rings. The van der Waals surface area contributed by atoms with E-state index < -0.39 is 0 Å². The number of aromatic nitrogens is 1. The van der Waals surface area contributed by atoms with Gasteiger partial charge in [0.15, 0.2) is 0 Å². The maximum Gasteiger partial charge on any atom is 0.123 e. The molecule has 2 N–H and O–H groups in total. The molecule has 1 aromatic heterocycles. The zero-order valence-electron chi connectivity index (χ0n) is 11.1. The van der Waals surface area contributed by atoms with E-state index in [9.17, 15) is 4.39 Å². The third-order valence-corrected chi connectivity index (χ3v) is 3.29. The molecule has 1 atom stereocenters. The number of halogens is 1. The summed E-state index contributed by atoms with van der Waals surface area (Å²) in [6, 6.07) is 10.8. The predicted octanol–water partition coefficient (Wildman–Crippen LogP) is 3.03. The van der Waals surface area contributed by atoms with Gasteiger partial charge in [-0.1, -0.05) is 12.1 Å². The molecule has 0 bridgehead atoms. The van der Waals surface area contributed by atoms with Crippen LogP contribution in [0.15, 0.2) is 42.6 Å². The largest absolute Gasteiger partial charge is 0.327 e. The van der Waals surface area contributed by atoms with E-state index in [1.165, 1.54) is 6.07 Å². The van der Waals surface area contributed by atoms with Gasteiger partial charge in [-0.3, -0.25) is 4.98 Å². The molecule has 1 heterocycles. The minimum atomic E-state index is -0.197. The summed E-state index contributed by atoms with van der Waals surface area (Å²) in [6.45, 7) is 1.99. The molecular weight excluding hydrogens is 239 g/mol. The normalized spacial score (nSPS) is 12.4. The maximum atomic E-state index is 13.2. The lowest BCUT2D eigenvalue weighted by Crippen LogP contribution is -2.24. The molecule has 1 unspecified atom stereocenters. The van der Waals surface area contributed by atoms with Gasteiger partial charge in [0.05, 0.1) is 0 Å². The van der Waals surface area contributed by atoms with Crippen molar-refractivity contribution in [2.24, 2.45) is 5.73 Å². The second-order valence-electron chi connectivity index (χ2n) is 4.89. The molecule has 0 saturated heterocycles. The fourth-order valence-corrected chi connectivity index (χ4v) is 2.12. The van der Waals surface area contributed by atoms with Gasteiger partial charge in [0.25, 0.3) is 0 Å². The van der Waals surface area contributed by atoms with Crippen LogP contribution in [0.3, 0.4) is 0 Å². The van der Waals surface area contributed by atoms with Gasteiger partial charge in [-0.05, 0) is 61.6 Å². The first kappa shape index (κ1) is 13.7. The van der Waals surface area contributed by atoms with Crippen LogP contribution in [0.2, 0.25) is 0 Å². The van der Waals surface area contributed by atoms with Gasteiger partial charge in [-0.15, -0.1) is 0 Å². The molecule has 0 radical (unpaired) electrons. The first-order valence-corrected chi connectivity index (χ1v) is 6.55. The molecule has 0 aliphatic rings. The highest BCUT2D eigenvalue weighted by Crippen LogP contribution is 2.13. The molecule has 0 amide bonds. The Hall–Kier alpha value is -1.74. The molecule has 2 aromatic rings. The maximum absolute atomic E-state index is 13.2. The molecule has 0 saturated carbocycles. The molecule has 1 aromatic carbocycles. The number of nitrogens with zero attached hydrogens (tertiary/aromatic N) is 1. The molecule has 2 nitrogen and oxygen atoms in total. The Balaban J connectivity index is 1.90. The van der Waals surface area contributed by atoms with E-state index >= 15 is 0 Å². The topological polar surface area (TPSA) is 38.9 Å². The molecule has 3 heteroatoms. The minimum Gasteiger partial charge on any atom is -0.327 e. The average Bonchev–Trinajstić information content (AvgIpc) is 2.42. The summed E-state index contributed by atoms with van der Waals surface area (Å²) in [4.78, 5) is 4.27. The Morgan fingerprint density at radius 2 is 2.11 bits per heavy atom. The van der Waals surface area contributed by atoms with Crippen molar-refractivity contribution in [3.05, 3.63) is 65.2 Å². The van der Waals surface area contributed by atoms with Crippen LogP contribution in [-0.4, -0.2) is 11.0 Å². The summed E-state index contributed by atoms with van der Waals surface area (Å²) >= 11 is 0. The summed E-state index contributed by atoms with van der Waals surface area (Å²) < 4.78 is 13.2. The van der Waals surface area contributed by atoms with Crippen LogP contribution in [0.25, 0.3) is 0 Å². The van der Waals surface area contributed by atoms with Crippen molar-refractivity contribution >= 4 is 0 Å². The lowest BCUT2D eigenvalue weighted by atomic mass is 9.98. The highest BCUT2D eigenvalue weighted by Gasteiger charge is 2.08. The second-order valence-corrected chi connectivity index (χ2v) is 4.89. The monoisotopic (exact) mass is 258 g/mol. The van der Waals surface area contributed by atoms with Crippen molar-refractivity contribution in [1.82, 2.24) is 4.98 Å². The van der Waals surface area contributed by atoms with E-state index in [-0.39, 0.29) is 11.9 Å². The Kier molecular flexibility index (Phi) is 4.63. The number of nitrogens with two attached hydrogens (primary N) is 1. The molecule has 0 spiro atoms. The Morgan fingerprint density at radius 1 is 1.26 bits per heavy atom. The average molecular weight is 258 g/mol. The first-order valence-electron chi connectivity index (χ1n) is 6.55. The zero-order chi connectivity index (χ0) is 13.7. The Morgan fingerprint density at radius 3 is 2.84 bits per heavy atom. The van der Waals surface area contributed by atoms with Gasteiger partial charge in [-0.2, -0.15) is 0 Å². The van der Waals surface area contributed by atoms with Crippen LogP contribution in [0.5, 0.6) is 0 Å². The van der Waals surface area contributed by atoms with Crippen molar-refractivity contribution in [2.75, 3.05) is 0 Å². The molecule has 2 rings (SSSR count). The van der Waals surface area contributed by atoms with Crippen molar-refractivity contribution in [3.8, 4) is 0 Å². The van der Waals surface area contributed by atoms with Crippen molar-refractivity contribution in [2.45, 2.75) is 32.2 Å². The highest BCUT2D eigenvalue weighted by atomic mass is 19.1. The molecular formula is C16H19FN2. The third-order valence-electron chi connectivity index (χ3n) is 3.29. The van der Waals surface area contributed by atoms with E-state index in [1.807, 2.05) is 25.1 Å². The number of aryl methyl sites for hydroxylation is 2. The third kappa shape index (κ3) is 4.14. The fraction of sp³-hybridized carbons (Fsp3) is 0.312. The summed E-state index contributed by atoms with van der Waals surface area (Å²) in [7, 11) is 0. The number of benzene rings is 1. The molecule has 0 aliphatic carbocycles. The van der Waals surface area contributed by atoms with E-state index in [1.54, 1.807) is 18.3 Å². The van der Waals surface area contributed by atoms with E-state index in [0.717, 1.165) is 29.7 Å². The fourth-order valence-electron chi connectivity index (χ4n) is 2.12. The summed E-state index contributed by atoms with van der Waals surface area (Å²) in [6.07, 6.45) is 4.21. The lowest BCUT2D eigenvalue weighted by molar-refractivity contribution is 0.593. The quantitative estimate of drug-likeness (QED) is 0.895. The van der Waals surface area contributed by atoms with Crippen LogP contribution >= 0.6 is 0 Å². The summed E-state index contributed by atoms with van der Waals surface area (Å²) in [5.74, 6) is -0.197. The Bertz CT molecular complexity index is 526. The van der Waals surface area contributed by atoms with Crippen LogP contribution in [0.4, 0.5) is 4.39 Å². The highest BCUT2D eigenvalue weighted by molar-refractivity contribution is 5.27. The predicted molar refractivity (Wildman–Crippen MR) is 75.4 cm³/mol. The molecule has 19 heavy (non-hydrogen) atoms. The van der Waals surface area contributed by atoms with Gasteiger partial charge in [0.1, 0.15) is 5.82 Å². The van der Waals surface area contributed by atoms with Crippen LogP contribution < -0.4 is 5.73 Å². The van der Waals surface area contributed by atoms with E-state index in [0.29, 0.717) is 6.42 Å². The van der Waals surface area contributed by atoms with E-state index in [2.05, 4.69) is 4.98 Å². The van der Waals surface area contributed by atoms with Gasteiger partial charge < -0.3 is 5.73 Å². The number of hydrogen-bond donors (Lipinski definition) is 1. The standard InChI is InChI=1S/C16H19FN2/c1-12-5-6-14(17)10-13(12)11-15(18)7-8-16-4-2-3-9-19-16/h2-6,9-10,15H,7-8,11,18H2,1H3. The van der Waals surface area contributed by atoms with Crippen molar-refractivity contribution in [3.63, 3.8) is 0 Å². The van der Waals surface area contributed by atoms with Crippen LogP contribution in [0, 0.1) is 12.7 Å². The molecule has 100 valence electrons. The smallest absolute Gasteiger partial charge is 0.123 e. The summed E-state index contributed by atoms with van der Waals surface area (Å²) in [5.41, 5.74) is 9.26. The minimum absolute atomic E-state index is 0.0301. The molecule has 0 aliphatic heterocycles. The number of rotatable bonds is 5. The number of hydrogen-bond acceptors (Lipinski definition) is 2. The van der Waals surface area contributed by atoms with Gasteiger partial charge in [-0.25, -0.2) is 4.39 Å². The van der Waals surface area contributed by atoms with Gasteiger partial charge >= 0.3 is 0 Å². The van der Waals surface area contributed by atoms with Crippen LogP contribution in [-0.2, 0) is 12.8 Å². The van der Waals surface area contributed by atoms with Gasteiger partial charge in [0, 0.05) is 17.9 Å².